The van der Waals surface area contributed by atoms with Gasteiger partial charge in [-0.15, -0.1) is 0 Å². The first-order valence-electron chi connectivity index (χ1n) is 9.48. The van der Waals surface area contributed by atoms with Crippen LogP contribution in [0.1, 0.15) is 47.7 Å². The Kier molecular flexibility index (Phi) is 4.68. The number of nitrogens with zero attached hydrogens (tertiary/aromatic N) is 1. The third-order valence-corrected chi connectivity index (χ3v) is 5.65. The van der Waals surface area contributed by atoms with Gasteiger partial charge in [0, 0.05) is 37.2 Å². The third-order valence-electron chi connectivity index (χ3n) is 5.65. The first-order valence-corrected chi connectivity index (χ1v) is 9.48. The lowest BCUT2D eigenvalue weighted by molar-refractivity contribution is 0.0932. The van der Waals surface area contributed by atoms with E-state index in [9.17, 15) is 4.79 Å². The standard InChI is InChI=1S/C22H26N2O2/c1-15-16(2)26-21-19(15)9-6-10-20(21)22(25)23-18-11-12-24(14-18)13-17-7-4-3-5-8-17/h3-10,15-16,18H,11-14H2,1-2H3,(H,23,25)/t15-,16-,18-/m0/s1. The summed E-state index contributed by atoms with van der Waals surface area (Å²) in [5.41, 5.74) is 3.12. The van der Waals surface area contributed by atoms with Crippen LogP contribution in [0, 0.1) is 0 Å². The Morgan fingerprint density at radius 1 is 1.15 bits per heavy atom. The number of hydrogen-bond donors (Lipinski definition) is 1. The molecule has 4 heteroatoms. The lowest BCUT2D eigenvalue weighted by Gasteiger charge is -2.17. The Balaban J connectivity index is 1.39. The van der Waals surface area contributed by atoms with Crippen LogP contribution in [0.3, 0.4) is 0 Å². The van der Waals surface area contributed by atoms with Gasteiger partial charge in [0.1, 0.15) is 11.9 Å². The maximum absolute atomic E-state index is 12.8. The van der Waals surface area contributed by atoms with Crippen LogP contribution in [0.15, 0.2) is 48.5 Å². The van der Waals surface area contributed by atoms with E-state index in [2.05, 4.69) is 54.4 Å². The number of hydrogen-bond acceptors (Lipinski definition) is 3. The van der Waals surface area contributed by atoms with Crippen molar-refractivity contribution in [2.24, 2.45) is 0 Å². The fourth-order valence-electron chi connectivity index (χ4n) is 3.96. The highest BCUT2D eigenvalue weighted by Gasteiger charge is 2.32. The summed E-state index contributed by atoms with van der Waals surface area (Å²) in [7, 11) is 0. The summed E-state index contributed by atoms with van der Waals surface area (Å²) in [6.45, 7) is 7.05. The highest BCUT2D eigenvalue weighted by Crippen LogP contribution is 2.40. The van der Waals surface area contributed by atoms with Crippen LogP contribution in [0.25, 0.3) is 0 Å². The molecular formula is C22H26N2O2. The molecule has 1 saturated heterocycles. The van der Waals surface area contributed by atoms with Crippen molar-refractivity contribution in [3.63, 3.8) is 0 Å². The maximum atomic E-state index is 12.8. The van der Waals surface area contributed by atoms with E-state index < -0.39 is 0 Å². The van der Waals surface area contributed by atoms with Gasteiger partial charge >= 0.3 is 0 Å². The van der Waals surface area contributed by atoms with Crippen LogP contribution >= 0.6 is 0 Å². The van der Waals surface area contributed by atoms with Crippen LogP contribution in [0.2, 0.25) is 0 Å². The minimum Gasteiger partial charge on any atom is -0.489 e. The summed E-state index contributed by atoms with van der Waals surface area (Å²) in [6.07, 6.45) is 1.10. The molecule has 1 amide bonds. The molecule has 0 unspecified atom stereocenters. The highest BCUT2D eigenvalue weighted by atomic mass is 16.5. The fourth-order valence-corrected chi connectivity index (χ4v) is 3.96. The Morgan fingerprint density at radius 3 is 2.77 bits per heavy atom. The number of benzene rings is 2. The number of carbonyl (C=O) groups is 1. The lowest BCUT2D eigenvalue weighted by atomic mass is 9.96. The normalized spacial score (nSPS) is 24.9. The van der Waals surface area contributed by atoms with Crippen molar-refractivity contribution in [2.75, 3.05) is 13.1 Å². The van der Waals surface area contributed by atoms with Gasteiger partial charge in [-0.05, 0) is 25.0 Å². The predicted octanol–water partition coefficient (Wildman–Crippen LogP) is 3.58. The number of carbonyl (C=O) groups excluding carboxylic acids is 1. The molecule has 2 aliphatic heterocycles. The predicted molar refractivity (Wildman–Crippen MR) is 103 cm³/mol. The Bertz CT molecular complexity index is 790. The molecule has 0 aromatic heterocycles. The average Bonchev–Trinajstić information content (AvgIpc) is 3.20. The van der Waals surface area contributed by atoms with E-state index in [0.717, 1.165) is 37.4 Å². The summed E-state index contributed by atoms with van der Waals surface area (Å²) in [4.78, 5) is 15.2. The fraction of sp³-hybridized carbons (Fsp3) is 0.409. The first kappa shape index (κ1) is 17.1. The lowest BCUT2D eigenvalue weighted by Crippen LogP contribution is -2.37. The Labute approximate surface area is 155 Å². The molecule has 0 radical (unpaired) electrons. The number of amides is 1. The molecule has 2 aromatic carbocycles. The first-order chi connectivity index (χ1) is 12.6. The minimum absolute atomic E-state index is 0.0188. The zero-order valence-electron chi connectivity index (χ0n) is 15.4. The van der Waals surface area contributed by atoms with Crippen molar-refractivity contribution in [2.45, 2.75) is 44.9 Å². The topological polar surface area (TPSA) is 41.6 Å². The molecule has 0 aliphatic carbocycles. The van der Waals surface area contributed by atoms with Gasteiger partial charge in [-0.3, -0.25) is 9.69 Å². The zero-order chi connectivity index (χ0) is 18.1. The number of fused-ring (bicyclic) bond motifs is 1. The van der Waals surface area contributed by atoms with Crippen molar-refractivity contribution >= 4 is 5.91 Å². The summed E-state index contributed by atoms with van der Waals surface area (Å²) in [6, 6.07) is 16.6. The number of likely N-dealkylation sites (tertiary alicyclic amines) is 1. The maximum Gasteiger partial charge on any atom is 0.255 e. The van der Waals surface area contributed by atoms with Gasteiger partial charge in [0.05, 0.1) is 5.56 Å². The minimum atomic E-state index is -0.0188. The molecule has 2 aromatic rings. The second-order valence-electron chi connectivity index (χ2n) is 7.52. The van der Waals surface area contributed by atoms with Gasteiger partial charge in [0.2, 0.25) is 0 Å². The number of para-hydroxylation sites is 1. The molecule has 4 nitrogen and oxygen atoms in total. The van der Waals surface area contributed by atoms with E-state index in [1.165, 1.54) is 5.56 Å². The van der Waals surface area contributed by atoms with Gasteiger partial charge in [-0.25, -0.2) is 0 Å². The second-order valence-corrected chi connectivity index (χ2v) is 7.52. The van der Waals surface area contributed by atoms with Crippen LogP contribution in [-0.2, 0) is 6.54 Å². The van der Waals surface area contributed by atoms with Gasteiger partial charge in [-0.2, -0.15) is 0 Å². The van der Waals surface area contributed by atoms with E-state index in [0.29, 0.717) is 11.5 Å². The smallest absolute Gasteiger partial charge is 0.255 e. The van der Waals surface area contributed by atoms with Gasteiger partial charge in [0.25, 0.3) is 5.91 Å². The second kappa shape index (κ2) is 7.12. The van der Waals surface area contributed by atoms with Gasteiger partial charge in [0.15, 0.2) is 0 Å². The summed E-state index contributed by atoms with van der Waals surface area (Å²) < 4.78 is 5.96. The van der Waals surface area contributed by atoms with Crippen molar-refractivity contribution in [3.8, 4) is 5.75 Å². The van der Waals surface area contributed by atoms with E-state index in [1.807, 2.05) is 18.2 Å². The van der Waals surface area contributed by atoms with Gasteiger partial charge in [-0.1, -0.05) is 49.4 Å². The van der Waals surface area contributed by atoms with Crippen molar-refractivity contribution < 1.29 is 9.53 Å². The zero-order valence-corrected chi connectivity index (χ0v) is 15.4. The van der Waals surface area contributed by atoms with E-state index in [4.69, 9.17) is 4.74 Å². The number of rotatable bonds is 4. The molecule has 26 heavy (non-hydrogen) atoms. The summed E-state index contributed by atoms with van der Waals surface area (Å²) in [5.74, 6) is 1.07. The molecule has 4 rings (SSSR count). The van der Waals surface area contributed by atoms with Crippen LogP contribution in [0.5, 0.6) is 5.75 Å². The molecule has 136 valence electrons. The molecule has 0 spiro atoms. The highest BCUT2D eigenvalue weighted by molar-refractivity contribution is 5.97. The van der Waals surface area contributed by atoms with E-state index >= 15 is 0 Å². The molecule has 2 aliphatic rings. The van der Waals surface area contributed by atoms with E-state index in [1.54, 1.807) is 0 Å². The van der Waals surface area contributed by atoms with E-state index in [-0.39, 0.29) is 18.1 Å². The molecule has 0 saturated carbocycles. The molecule has 3 atom stereocenters. The van der Waals surface area contributed by atoms with Crippen LogP contribution < -0.4 is 10.1 Å². The average molecular weight is 350 g/mol. The summed E-state index contributed by atoms with van der Waals surface area (Å²) >= 11 is 0. The quantitative estimate of drug-likeness (QED) is 0.916. The van der Waals surface area contributed by atoms with Gasteiger partial charge < -0.3 is 10.1 Å². The Hall–Kier alpha value is -2.33. The van der Waals surface area contributed by atoms with Crippen molar-refractivity contribution in [1.82, 2.24) is 10.2 Å². The summed E-state index contributed by atoms with van der Waals surface area (Å²) in [5, 5.41) is 3.21. The molecular weight excluding hydrogens is 324 g/mol. The van der Waals surface area contributed by atoms with Crippen molar-refractivity contribution in [1.29, 1.82) is 0 Å². The molecule has 2 heterocycles. The molecule has 1 fully saturated rings. The van der Waals surface area contributed by atoms with Crippen molar-refractivity contribution in [3.05, 3.63) is 65.2 Å². The monoisotopic (exact) mass is 350 g/mol. The largest absolute Gasteiger partial charge is 0.489 e. The number of nitrogens with one attached hydrogen (secondary N) is 1. The molecule has 1 N–H and O–H groups in total. The van der Waals surface area contributed by atoms with Crippen LogP contribution in [0.4, 0.5) is 0 Å². The third kappa shape index (κ3) is 3.34. The molecule has 0 bridgehead atoms. The number of ether oxygens (including phenoxy) is 1. The SMILES string of the molecule is C[C@@H]1Oc2c(C(=O)N[C@H]3CCN(Cc4ccccc4)C3)cccc2[C@H]1C. The Morgan fingerprint density at radius 2 is 1.96 bits per heavy atom. The van der Waals surface area contributed by atoms with Crippen LogP contribution in [-0.4, -0.2) is 36.0 Å².